The highest BCUT2D eigenvalue weighted by Gasteiger charge is 2.30. The van der Waals surface area contributed by atoms with Crippen LogP contribution in [0, 0.1) is 11.8 Å². The SMILES string of the molecule is CC(C)CC(CN)CC(=O)N(C)C1CCCCC1O. The van der Waals surface area contributed by atoms with Gasteiger partial charge in [0.15, 0.2) is 0 Å². The van der Waals surface area contributed by atoms with Crippen LogP contribution in [-0.4, -0.2) is 41.7 Å². The van der Waals surface area contributed by atoms with Crippen LogP contribution in [0.2, 0.25) is 0 Å². The molecule has 1 amide bonds. The number of rotatable bonds is 6. The van der Waals surface area contributed by atoms with Crippen molar-refractivity contribution in [2.75, 3.05) is 13.6 Å². The molecule has 1 aliphatic carbocycles. The van der Waals surface area contributed by atoms with E-state index in [0.717, 1.165) is 32.1 Å². The lowest BCUT2D eigenvalue weighted by molar-refractivity contribution is -0.136. The summed E-state index contributed by atoms with van der Waals surface area (Å²) in [5.74, 6) is 0.949. The largest absolute Gasteiger partial charge is 0.391 e. The third-order valence-electron chi connectivity index (χ3n) is 4.19. The van der Waals surface area contributed by atoms with Gasteiger partial charge in [0, 0.05) is 13.5 Å². The Balaban J connectivity index is 2.50. The second-order valence-corrected chi connectivity index (χ2v) is 6.36. The van der Waals surface area contributed by atoms with Gasteiger partial charge in [-0.1, -0.05) is 26.7 Å². The molecule has 1 rings (SSSR count). The number of hydrogen-bond acceptors (Lipinski definition) is 3. The van der Waals surface area contributed by atoms with Crippen molar-refractivity contribution < 1.29 is 9.90 Å². The number of aliphatic hydroxyl groups is 1. The molecule has 0 heterocycles. The maximum absolute atomic E-state index is 12.3. The molecular formula is C15H30N2O2. The number of nitrogens with two attached hydrogens (primary N) is 1. The number of carbonyl (C=O) groups is 1. The van der Waals surface area contributed by atoms with Gasteiger partial charge in [0.1, 0.15) is 0 Å². The molecule has 1 aliphatic rings. The zero-order valence-corrected chi connectivity index (χ0v) is 12.6. The van der Waals surface area contributed by atoms with E-state index >= 15 is 0 Å². The zero-order valence-electron chi connectivity index (χ0n) is 12.6. The van der Waals surface area contributed by atoms with Crippen molar-refractivity contribution in [2.45, 2.75) is 64.5 Å². The smallest absolute Gasteiger partial charge is 0.222 e. The first-order valence-corrected chi connectivity index (χ1v) is 7.59. The summed E-state index contributed by atoms with van der Waals surface area (Å²) >= 11 is 0. The molecule has 3 atom stereocenters. The van der Waals surface area contributed by atoms with E-state index in [2.05, 4.69) is 13.8 Å². The van der Waals surface area contributed by atoms with Crippen LogP contribution in [0.5, 0.6) is 0 Å². The van der Waals surface area contributed by atoms with Crippen LogP contribution in [0.1, 0.15) is 52.4 Å². The van der Waals surface area contributed by atoms with E-state index < -0.39 is 0 Å². The van der Waals surface area contributed by atoms with Crippen molar-refractivity contribution in [1.29, 1.82) is 0 Å². The van der Waals surface area contributed by atoms with Gasteiger partial charge in [-0.15, -0.1) is 0 Å². The Morgan fingerprint density at radius 3 is 2.53 bits per heavy atom. The average molecular weight is 270 g/mol. The molecule has 112 valence electrons. The molecule has 0 aromatic heterocycles. The van der Waals surface area contributed by atoms with Gasteiger partial charge in [0.25, 0.3) is 0 Å². The number of likely N-dealkylation sites (N-methyl/N-ethyl adjacent to an activating group) is 1. The van der Waals surface area contributed by atoms with Gasteiger partial charge >= 0.3 is 0 Å². The third kappa shape index (κ3) is 5.11. The van der Waals surface area contributed by atoms with Gasteiger partial charge < -0.3 is 15.7 Å². The fourth-order valence-electron chi connectivity index (χ4n) is 3.05. The Morgan fingerprint density at radius 1 is 1.37 bits per heavy atom. The van der Waals surface area contributed by atoms with Crippen LogP contribution < -0.4 is 5.73 Å². The van der Waals surface area contributed by atoms with E-state index in [1.54, 1.807) is 4.90 Å². The molecule has 0 radical (unpaired) electrons. The molecule has 0 saturated heterocycles. The second kappa shape index (κ2) is 7.85. The van der Waals surface area contributed by atoms with Crippen LogP contribution >= 0.6 is 0 Å². The van der Waals surface area contributed by atoms with E-state index in [1.165, 1.54) is 0 Å². The summed E-state index contributed by atoms with van der Waals surface area (Å²) in [5.41, 5.74) is 5.76. The predicted octanol–water partition coefficient (Wildman–Crippen LogP) is 1.76. The lowest BCUT2D eigenvalue weighted by Crippen LogP contribution is -2.47. The molecule has 0 aliphatic heterocycles. The van der Waals surface area contributed by atoms with Crippen LogP contribution in [-0.2, 0) is 4.79 Å². The zero-order chi connectivity index (χ0) is 14.4. The normalized spacial score (nSPS) is 25.4. The van der Waals surface area contributed by atoms with Gasteiger partial charge in [-0.05, 0) is 37.6 Å². The van der Waals surface area contributed by atoms with Crippen LogP contribution in [0.3, 0.4) is 0 Å². The third-order valence-corrected chi connectivity index (χ3v) is 4.19. The van der Waals surface area contributed by atoms with Crippen LogP contribution in [0.15, 0.2) is 0 Å². The molecule has 3 unspecified atom stereocenters. The molecule has 1 fully saturated rings. The maximum atomic E-state index is 12.3. The Kier molecular flexibility index (Phi) is 6.80. The Bertz CT molecular complexity index is 281. The van der Waals surface area contributed by atoms with Crippen molar-refractivity contribution in [3.8, 4) is 0 Å². The summed E-state index contributed by atoms with van der Waals surface area (Å²) in [6.45, 7) is 4.87. The van der Waals surface area contributed by atoms with Crippen molar-refractivity contribution in [1.82, 2.24) is 4.90 Å². The lowest BCUT2D eigenvalue weighted by Gasteiger charge is -2.36. The number of nitrogens with zero attached hydrogens (tertiary/aromatic N) is 1. The monoisotopic (exact) mass is 270 g/mol. The van der Waals surface area contributed by atoms with Crippen LogP contribution in [0.25, 0.3) is 0 Å². The summed E-state index contributed by atoms with van der Waals surface area (Å²) in [7, 11) is 1.82. The summed E-state index contributed by atoms with van der Waals surface area (Å²) < 4.78 is 0. The van der Waals surface area contributed by atoms with Gasteiger partial charge in [-0.25, -0.2) is 0 Å². The first-order valence-electron chi connectivity index (χ1n) is 7.59. The van der Waals surface area contributed by atoms with E-state index in [9.17, 15) is 9.90 Å². The highest BCUT2D eigenvalue weighted by atomic mass is 16.3. The number of aliphatic hydroxyl groups excluding tert-OH is 1. The number of carbonyl (C=O) groups excluding carboxylic acids is 1. The minimum Gasteiger partial charge on any atom is -0.391 e. The molecule has 4 nitrogen and oxygen atoms in total. The van der Waals surface area contributed by atoms with Crippen molar-refractivity contribution >= 4 is 5.91 Å². The maximum Gasteiger partial charge on any atom is 0.222 e. The van der Waals surface area contributed by atoms with Crippen molar-refractivity contribution in [2.24, 2.45) is 17.6 Å². The molecule has 0 aromatic carbocycles. The highest BCUT2D eigenvalue weighted by molar-refractivity contribution is 5.76. The van der Waals surface area contributed by atoms with E-state index in [0.29, 0.717) is 18.9 Å². The quantitative estimate of drug-likeness (QED) is 0.773. The summed E-state index contributed by atoms with van der Waals surface area (Å²) in [6, 6.07) is -0.00118. The van der Waals surface area contributed by atoms with Gasteiger partial charge in [0.2, 0.25) is 5.91 Å². The van der Waals surface area contributed by atoms with Gasteiger partial charge in [-0.3, -0.25) is 4.79 Å². The molecule has 3 N–H and O–H groups in total. The molecule has 1 saturated carbocycles. The van der Waals surface area contributed by atoms with Crippen molar-refractivity contribution in [3.63, 3.8) is 0 Å². The van der Waals surface area contributed by atoms with Gasteiger partial charge in [-0.2, -0.15) is 0 Å². The molecule has 4 heteroatoms. The molecular weight excluding hydrogens is 240 g/mol. The summed E-state index contributed by atoms with van der Waals surface area (Å²) in [5, 5.41) is 10.0. The molecule has 0 spiro atoms. The first kappa shape index (κ1) is 16.4. The Morgan fingerprint density at radius 2 is 2.00 bits per heavy atom. The Labute approximate surface area is 117 Å². The summed E-state index contributed by atoms with van der Waals surface area (Å²) in [6.07, 6.45) is 5.04. The number of hydrogen-bond donors (Lipinski definition) is 2. The van der Waals surface area contributed by atoms with Gasteiger partial charge in [0.05, 0.1) is 12.1 Å². The average Bonchev–Trinajstić information content (AvgIpc) is 2.37. The fraction of sp³-hybridized carbons (Fsp3) is 0.933. The second-order valence-electron chi connectivity index (χ2n) is 6.36. The topological polar surface area (TPSA) is 66.6 Å². The lowest BCUT2D eigenvalue weighted by atomic mass is 9.90. The summed E-state index contributed by atoms with van der Waals surface area (Å²) in [4.78, 5) is 14.1. The minimum atomic E-state index is -0.357. The predicted molar refractivity (Wildman–Crippen MR) is 77.6 cm³/mol. The fourth-order valence-corrected chi connectivity index (χ4v) is 3.05. The van der Waals surface area contributed by atoms with E-state index in [-0.39, 0.29) is 24.0 Å². The Hall–Kier alpha value is -0.610. The van der Waals surface area contributed by atoms with Crippen molar-refractivity contribution in [3.05, 3.63) is 0 Å². The highest BCUT2D eigenvalue weighted by Crippen LogP contribution is 2.24. The van der Waals surface area contributed by atoms with Crippen LogP contribution in [0.4, 0.5) is 0 Å². The standard InChI is InChI=1S/C15H30N2O2/c1-11(2)8-12(10-16)9-15(19)17(3)13-6-4-5-7-14(13)18/h11-14,18H,4-10,16H2,1-3H3. The molecule has 0 aromatic rings. The molecule has 0 bridgehead atoms. The number of amides is 1. The van der Waals surface area contributed by atoms with E-state index in [4.69, 9.17) is 5.73 Å². The van der Waals surface area contributed by atoms with E-state index in [1.807, 2.05) is 7.05 Å². The first-order chi connectivity index (χ1) is 8.95. The molecule has 19 heavy (non-hydrogen) atoms. The minimum absolute atomic E-state index is 0.00118.